The highest BCUT2D eigenvalue weighted by molar-refractivity contribution is 5.74. The van der Waals surface area contributed by atoms with E-state index in [2.05, 4.69) is 45.7 Å². The topological polar surface area (TPSA) is 56.8 Å². The molecule has 1 atom stereocenters. The number of rotatable bonds is 7. The fraction of sp³-hybridized carbons (Fsp3) is 0.611. The number of carbonyl (C=O) groups excluding carboxylic acids is 1. The lowest BCUT2D eigenvalue weighted by Crippen LogP contribution is -2.44. The lowest BCUT2D eigenvalue weighted by Gasteiger charge is -2.32. The first kappa shape index (κ1) is 18.7. The second-order valence-corrected chi connectivity index (χ2v) is 6.53. The van der Waals surface area contributed by atoms with Crippen LogP contribution in [0.25, 0.3) is 0 Å². The van der Waals surface area contributed by atoms with Gasteiger partial charge in [0.15, 0.2) is 0 Å². The molecule has 2 amide bonds. The molecule has 1 aliphatic heterocycles. The molecule has 0 aromatic heterocycles. The second-order valence-electron chi connectivity index (χ2n) is 6.53. The quantitative estimate of drug-likeness (QED) is 0.788. The number of nitrogens with zero attached hydrogens (tertiary/aromatic N) is 2. The summed E-state index contributed by atoms with van der Waals surface area (Å²) >= 11 is 0. The summed E-state index contributed by atoms with van der Waals surface area (Å²) in [5.74, 6) is 0. The zero-order chi connectivity index (χ0) is 17.4. The van der Waals surface area contributed by atoms with Gasteiger partial charge in [-0.2, -0.15) is 0 Å². The number of ether oxygens (including phenoxy) is 1. The van der Waals surface area contributed by atoms with Crippen LogP contribution in [-0.2, 0) is 17.8 Å². The summed E-state index contributed by atoms with van der Waals surface area (Å²) in [6, 6.07) is 8.17. The van der Waals surface area contributed by atoms with Crippen molar-refractivity contribution in [3.8, 4) is 0 Å². The van der Waals surface area contributed by atoms with Crippen molar-refractivity contribution in [3.63, 3.8) is 0 Å². The molecule has 1 aromatic rings. The summed E-state index contributed by atoms with van der Waals surface area (Å²) in [6.45, 7) is 8.31. The molecule has 6 heteroatoms. The lowest BCUT2D eigenvalue weighted by molar-refractivity contribution is 0.148. The molecular weight excluding hydrogens is 304 g/mol. The average molecular weight is 334 g/mol. The minimum absolute atomic E-state index is 0.00409. The van der Waals surface area contributed by atoms with Gasteiger partial charge in [-0.1, -0.05) is 24.3 Å². The molecule has 134 valence electrons. The molecule has 0 bridgehead atoms. The maximum absolute atomic E-state index is 11.9. The second kappa shape index (κ2) is 9.61. The van der Waals surface area contributed by atoms with Gasteiger partial charge in [0.2, 0.25) is 0 Å². The van der Waals surface area contributed by atoms with Crippen LogP contribution in [-0.4, -0.2) is 68.8 Å². The van der Waals surface area contributed by atoms with Gasteiger partial charge in [0.05, 0.1) is 12.6 Å². The molecule has 1 aromatic carbocycles. The average Bonchev–Trinajstić information content (AvgIpc) is 2.56. The third-order valence-electron chi connectivity index (χ3n) is 4.34. The highest BCUT2D eigenvalue weighted by atomic mass is 16.5. The van der Waals surface area contributed by atoms with Gasteiger partial charge in [0.25, 0.3) is 0 Å². The Morgan fingerprint density at radius 1 is 1.21 bits per heavy atom. The molecule has 1 heterocycles. The number of urea groups is 1. The Kier molecular flexibility index (Phi) is 7.49. The Morgan fingerprint density at radius 2 is 1.88 bits per heavy atom. The number of likely N-dealkylation sites (N-methyl/N-ethyl adjacent to an activating group) is 1. The fourth-order valence-corrected chi connectivity index (χ4v) is 2.87. The number of hydrogen-bond acceptors (Lipinski definition) is 4. The van der Waals surface area contributed by atoms with E-state index in [1.807, 2.05) is 13.0 Å². The summed E-state index contributed by atoms with van der Waals surface area (Å²) < 4.78 is 5.03. The molecule has 0 spiro atoms. The molecular formula is C18H30N4O2. The van der Waals surface area contributed by atoms with E-state index in [0.717, 1.165) is 32.7 Å². The first-order valence-corrected chi connectivity index (χ1v) is 8.59. The summed E-state index contributed by atoms with van der Waals surface area (Å²) in [5, 5.41) is 5.81. The van der Waals surface area contributed by atoms with Crippen molar-refractivity contribution in [3.05, 3.63) is 35.4 Å². The van der Waals surface area contributed by atoms with E-state index in [4.69, 9.17) is 4.74 Å². The Bertz CT molecular complexity index is 515. The minimum atomic E-state index is -0.158. The third kappa shape index (κ3) is 6.11. The van der Waals surface area contributed by atoms with E-state index in [-0.39, 0.29) is 12.1 Å². The highest BCUT2D eigenvalue weighted by Gasteiger charge is 2.15. The highest BCUT2D eigenvalue weighted by Crippen LogP contribution is 2.13. The van der Waals surface area contributed by atoms with E-state index in [9.17, 15) is 4.79 Å². The van der Waals surface area contributed by atoms with Gasteiger partial charge in [-0.15, -0.1) is 0 Å². The number of hydrogen-bond donors (Lipinski definition) is 2. The molecule has 1 saturated heterocycles. The van der Waals surface area contributed by atoms with Gasteiger partial charge in [0.1, 0.15) is 0 Å². The molecule has 24 heavy (non-hydrogen) atoms. The zero-order valence-electron chi connectivity index (χ0n) is 15.0. The van der Waals surface area contributed by atoms with E-state index in [1.165, 1.54) is 11.1 Å². The molecule has 1 aliphatic rings. The first-order chi connectivity index (χ1) is 11.6. The summed E-state index contributed by atoms with van der Waals surface area (Å²) in [4.78, 5) is 16.8. The van der Waals surface area contributed by atoms with Crippen molar-refractivity contribution in [2.75, 3.05) is 46.9 Å². The van der Waals surface area contributed by atoms with Crippen LogP contribution in [0.5, 0.6) is 0 Å². The molecule has 2 rings (SSSR count). The molecule has 6 nitrogen and oxygen atoms in total. The van der Waals surface area contributed by atoms with E-state index in [1.54, 1.807) is 7.11 Å². The normalized spacial score (nSPS) is 17.5. The predicted octanol–water partition coefficient (Wildman–Crippen LogP) is 1.27. The minimum Gasteiger partial charge on any atom is -0.383 e. The van der Waals surface area contributed by atoms with E-state index >= 15 is 0 Å². The number of amides is 2. The Balaban J connectivity index is 1.85. The van der Waals surface area contributed by atoms with Crippen LogP contribution in [0.4, 0.5) is 4.79 Å². The van der Waals surface area contributed by atoms with Crippen LogP contribution >= 0.6 is 0 Å². The monoisotopic (exact) mass is 334 g/mol. The van der Waals surface area contributed by atoms with Crippen molar-refractivity contribution in [1.29, 1.82) is 0 Å². The van der Waals surface area contributed by atoms with Crippen molar-refractivity contribution in [1.82, 2.24) is 20.4 Å². The van der Waals surface area contributed by atoms with Gasteiger partial charge >= 0.3 is 6.03 Å². The number of carbonyl (C=O) groups is 1. The van der Waals surface area contributed by atoms with Gasteiger partial charge < -0.3 is 20.3 Å². The molecule has 0 saturated carbocycles. The molecule has 2 N–H and O–H groups in total. The maximum Gasteiger partial charge on any atom is 0.315 e. The molecule has 0 aliphatic carbocycles. The third-order valence-corrected chi connectivity index (χ3v) is 4.34. The van der Waals surface area contributed by atoms with Crippen molar-refractivity contribution in [2.24, 2.45) is 0 Å². The van der Waals surface area contributed by atoms with Crippen LogP contribution in [0.3, 0.4) is 0 Å². The Hall–Kier alpha value is -1.63. The summed E-state index contributed by atoms with van der Waals surface area (Å²) in [5.41, 5.74) is 2.46. The SMILES string of the molecule is COCC(C)NC(=O)NCc1ccccc1CN1CCN(C)CC1. The van der Waals surface area contributed by atoms with Crippen molar-refractivity contribution in [2.45, 2.75) is 26.1 Å². The summed E-state index contributed by atoms with van der Waals surface area (Å²) in [6.07, 6.45) is 0. The molecule has 1 fully saturated rings. The Morgan fingerprint density at radius 3 is 2.54 bits per heavy atom. The smallest absolute Gasteiger partial charge is 0.315 e. The zero-order valence-corrected chi connectivity index (χ0v) is 15.0. The van der Waals surface area contributed by atoms with Gasteiger partial charge in [-0.05, 0) is 25.1 Å². The van der Waals surface area contributed by atoms with Crippen LogP contribution in [0.2, 0.25) is 0 Å². The van der Waals surface area contributed by atoms with Crippen LogP contribution < -0.4 is 10.6 Å². The van der Waals surface area contributed by atoms with Gasteiger partial charge in [0, 0.05) is 46.4 Å². The van der Waals surface area contributed by atoms with E-state index < -0.39 is 0 Å². The van der Waals surface area contributed by atoms with Gasteiger partial charge in [-0.3, -0.25) is 4.90 Å². The fourth-order valence-electron chi connectivity index (χ4n) is 2.87. The van der Waals surface area contributed by atoms with Crippen LogP contribution in [0.1, 0.15) is 18.1 Å². The van der Waals surface area contributed by atoms with Crippen LogP contribution in [0.15, 0.2) is 24.3 Å². The van der Waals surface area contributed by atoms with Crippen LogP contribution in [0, 0.1) is 0 Å². The molecule has 0 radical (unpaired) electrons. The van der Waals surface area contributed by atoms with Crippen molar-refractivity contribution >= 4 is 6.03 Å². The largest absolute Gasteiger partial charge is 0.383 e. The predicted molar refractivity (Wildman–Crippen MR) is 95.9 cm³/mol. The molecule has 1 unspecified atom stereocenters. The number of nitrogens with one attached hydrogen (secondary N) is 2. The van der Waals surface area contributed by atoms with Gasteiger partial charge in [-0.25, -0.2) is 4.79 Å². The Labute approximate surface area is 145 Å². The number of benzene rings is 1. The van der Waals surface area contributed by atoms with Crippen molar-refractivity contribution < 1.29 is 9.53 Å². The number of piperazine rings is 1. The summed E-state index contributed by atoms with van der Waals surface area (Å²) in [7, 11) is 3.79. The first-order valence-electron chi connectivity index (χ1n) is 8.59. The van der Waals surface area contributed by atoms with E-state index in [0.29, 0.717) is 13.2 Å². The number of methoxy groups -OCH3 is 1. The maximum atomic E-state index is 11.9. The lowest BCUT2D eigenvalue weighted by atomic mass is 10.1. The standard InChI is InChI=1S/C18H30N4O2/c1-15(14-24-3)20-18(23)19-12-16-6-4-5-7-17(16)13-22-10-8-21(2)9-11-22/h4-7,15H,8-14H2,1-3H3,(H2,19,20,23).